The molecule has 0 aliphatic heterocycles. The normalized spacial score (nSPS) is 16.3. The van der Waals surface area contributed by atoms with Crippen LogP contribution < -0.4 is 5.73 Å². The van der Waals surface area contributed by atoms with E-state index in [1.165, 1.54) is 25.3 Å². The molecule has 21 heavy (non-hydrogen) atoms. The number of hydrogen-bond donors (Lipinski definition) is 1. The number of benzene rings is 1. The molecule has 1 aliphatic carbocycles. The van der Waals surface area contributed by atoms with Gasteiger partial charge in [-0.3, -0.25) is 0 Å². The van der Waals surface area contributed by atoms with Gasteiger partial charge in [-0.25, -0.2) is 9.37 Å². The third-order valence-corrected chi connectivity index (χ3v) is 4.52. The number of nitrogens with two attached hydrogens (primary N) is 1. The molecular formula is C17H22FN3. The number of anilines is 1. The molecule has 4 heteroatoms. The van der Waals surface area contributed by atoms with Gasteiger partial charge in [-0.2, -0.15) is 0 Å². The topological polar surface area (TPSA) is 43.8 Å². The summed E-state index contributed by atoms with van der Waals surface area (Å²) in [6.07, 6.45) is 6.09. The summed E-state index contributed by atoms with van der Waals surface area (Å²) in [7, 11) is 1.93. The zero-order chi connectivity index (χ0) is 15.0. The number of rotatable bonds is 2. The van der Waals surface area contributed by atoms with E-state index in [0.717, 1.165) is 24.2 Å². The molecule has 2 aromatic rings. The maximum atomic E-state index is 14.1. The summed E-state index contributed by atoms with van der Waals surface area (Å²) >= 11 is 0. The Labute approximate surface area is 125 Å². The number of imidazole rings is 1. The fourth-order valence-electron chi connectivity index (χ4n) is 3.27. The molecule has 1 fully saturated rings. The molecule has 0 bridgehead atoms. The van der Waals surface area contributed by atoms with Gasteiger partial charge in [-0.05, 0) is 31.9 Å². The van der Waals surface area contributed by atoms with E-state index in [1.54, 1.807) is 6.07 Å². The highest BCUT2D eigenvalue weighted by Crippen LogP contribution is 2.36. The maximum absolute atomic E-state index is 14.1. The van der Waals surface area contributed by atoms with Crippen LogP contribution in [0.4, 0.5) is 10.2 Å². The Balaban J connectivity index is 2.05. The second-order valence-electron chi connectivity index (χ2n) is 6.08. The maximum Gasteiger partial charge on any atom is 0.132 e. The van der Waals surface area contributed by atoms with Crippen molar-refractivity contribution in [1.82, 2.24) is 9.55 Å². The van der Waals surface area contributed by atoms with Gasteiger partial charge in [-0.15, -0.1) is 0 Å². The molecule has 0 radical (unpaired) electrons. The van der Waals surface area contributed by atoms with E-state index in [-0.39, 0.29) is 5.82 Å². The van der Waals surface area contributed by atoms with Crippen molar-refractivity contribution in [2.75, 3.05) is 5.73 Å². The zero-order valence-electron chi connectivity index (χ0n) is 12.7. The van der Waals surface area contributed by atoms with E-state index < -0.39 is 0 Å². The second kappa shape index (κ2) is 5.51. The second-order valence-corrected chi connectivity index (χ2v) is 6.08. The summed E-state index contributed by atoms with van der Waals surface area (Å²) < 4.78 is 16.1. The van der Waals surface area contributed by atoms with E-state index in [0.29, 0.717) is 23.0 Å². The number of nitrogens with zero attached hydrogens (tertiary/aromatic N) is 2. The first kappa shape index (κ1) is 14.1. The van der Waals surface area contributed by atoms with Crippen LogP contribution in [0.25, 0.3) is 11.3 Å². The van der Waals surface area contributed by atoms with Gasteiger partial charge in [0.15, 0.2) is 0 Å². The van der Waals surface area contributed by atoms with Gasteiger partial charge in [0.25, 0.3) is 0 Å². The molecule has 1 aliphatic rings. The van der Waals surface area contributed by atoms with Gasteiger partial charge in [-0.1, -0.05) is 30.9 Å². The largest absolute Gasteiger partial charge is 0.383 e. The van der Waals surface area contributed by atoms with Crippen molar-refractivity contribution >= 4 is 5.82 Å². The molecule has 112 valence electrons. The average Bonchev–Trinajstić information content (AvgIpc) is 2.79. The van der Waals surface area contributed by atoms with Crippen molar-refractivity contribution in [3.63, 3.8) is 0 Å². The molecular weight excluding hydrogens is 265 g/mol. The summed E-state index contributed by atoms with van der Waals surface area (Å²) in [6, 6.07) is 5.07. The lowest BCUT2D eigenvalue weighted by Gasteiger charge is -2.21. The highest BCUT2D eigenvalue weighted by Gasteiger charge is 2.24. The summed E-state index contributed by atoms with van der Waals surface area (Å²) in [4.78, 5) is 4.70. The molecule has 0 unspecified atom stereocenters. The molecule has 2 N–H and O–H groups in total. The molecule has 1 heterocycles. The Morgan fingerprint density at radius 3 is 2.67 bits per heavy atom. The Morgan fingerprint density at radius 2 is 1.95 bits per heavy atom. The lowest BCUT2D eigenvalue weighted by molar-refractivity contribution is 0.422. The molecule has 0 amide bonds. The summed E-state index contributed by atoms with van der Waals surface area (Å²) in [5.74, 6) is 1.75. The molecule has 1 aromatic carbocycles. The van der Waals surface area contributed by atoms with Gasteiger partial charge in [0.1, 0.15) is 23.2 Å². The number of nitrogen functional groups attached to an aromatic ring is 1. The first-order valence-electron chi connectivity index (χ1n) is 7.66. The van der Waals surface area contributed by atoms with E-state index in [4.69, 9.17) is 10.7 Å². The van der Waals surface area contributed by atoms with Crippen molar-refractivity contribution < 1.29 is 4.39 Å². The van der Waals surface area contributed by atoms with E-state index in [9.17, 15) is 4.39 Å². The summed E-state index contributed by atoms with van der Waals surface area (Å²) in [5, 5.41) is 0. The fraction of sp³-hybridized carbons (Fsp3) is 0.471. The molecule has 3 nitrogen and oxygen atoms in total. The van der Waals surface area contributed by atoms with Crippen LogP contribution in [0.2, 0.25) is 0 Å². The number of halogens is 1. The first-order valence-corrected chi connectivity index (χ1v) is 7.66. The monoisotopic (exact) mass is 287 g/mol. The minimum atomic E-state index is -0.263. The number of aryl methyl sites for hydroxylation is 1. The summed E-state index contributed by atoms with van der Waals surface area (Å²) in [5.41, 5.74) is 8.29. The molecule has 1 aromatic heterocycles. The zero-order valence-corrected chi connectivity index (χ0v) is 12.7. The Hall–Kier alpha value is -1.84. The quantitative estimate of drug-likeness (QED) is 0.901. The molecule has 3 rings (SSSR count). The average molecular weight is 287 g/mol. The smallest absolute Gasteiger partial charge is 0.132 e. The van der Waals surface area contributed by atoms with Crippen LogP contribution >= 0.6 is 0 Å². The minimum Gasteiger partial charge on any atom is -0.383 e. The van der Waals surface area contributed by atoms with Crippen LogP contribution in [-0.4, -0.2) is 9.55 Å². The van der Waals surface area contributed by atoms with Crippen LogP contribution in [0, 0.1) is 12.7 Å². The van der Waals surface area contributed by atoms with Crippen molar-refractivity contribution in [2.24, 2.45) is 7.05 Å². The third-order valence-electron chi connectivity index (χ3n) is 4.52. The SMILES string of the molecule is Cc1ccc(F)c(-c2nc(C3CCCCC3)n(C)c2N)c1. The molecule has 0 saturated heterocycles. The predicted molar refractivity (Wildman–Crippen MR) is 83.6 cm³/mol. The van der Waals surface area contributed by atoms with Gasteiger partial charge in [0.2, 0.25) is 0 Å². The highest BCUT2D eigenvalue weighted by molar-refractivity contribution is 5.72. The highest BCUT2D eigenvalue weighted by atomic mass is 19.1. The predicted octanol–water partition coefficient (Wildman–Crippen LogP) is 4.16. The lowest BCUT2D eigenvalue weighted by atomic mass is 9.89. The molecule has 0 atom stereocenters. The van der Waals surface area contributed by atoms with Crippen LogP contribution in [-0.2, 0) is 7.05 Å². The van der Waals surface area contributed by atoms with E-state index in [1.807, 2.05) is 24.6 Å². The lowest BCUT2D eigenvalue weighted by Crippen LogP contribution is -2.11. The van der Waals surface area contributed by atoms with E-state index in [2.05, 4.69) is 0 Å². The van der Waals surface area contributed by atoms with Crippen molar-refractivity contribution in [1.29, 1.82) is 0 Å². The van der Waals surface area contributed by atoms with Gasteiger partial charge >= 0.3 is 0 Å². The van der Waals surface area contributed by atoms with Crippen LogP contribution in [0.1, 0.15) is 49.4 Å². The Kier molecular flexibility index (Phi) is 3.70. The number of hydrogen-bond acceptors (Lipinski definition) is 2. The standard InChI is InChI=1S/C17H22FN3/c1-11-8-9-14(18)13(10-11)15-16(19)21(2)17(20-15)12-6-4-3-5-7-12/h8-10,12H,3-7,19H2,1-2H3. The van der Waals surface area contributed by atoms with Gasteiger partial charge < -0.3 is 10.3 Å². The van der Waals surface area contributed by atoms with Crippen LogP contribution in [0.3, 0.4) is 0 Å². The Morgan fingerprint density at radius 1 is 1.24 bits per heavy atom. The first-order chi connectivity index (χ1) is 10.1. The van der Waals surface area contributed by atoms with Crippen molar-refractivity contribution in [2.45, 2.75) is 44.9 Å². The van der Waals surface area contributed by atoms with Crippen LogP contribution in [0.15, 0.2) is 18.2 Å². The van der Waals surface area contributed by atoms with Crippen molar-refractivity contribution in [3.8, 4) is 11.3 Å². The molecule has 1 saturated carbocycles. The van der Waals surface area contributed by atoms with Crippen LogP contribution in [0.5, 0.6) is 0 Å². The van der Waals surface area contributed by atoms with E-state index >= 15 is 0 Å². The molecule has 0 spiro atoms. The Bertz CT molecular complexity index is 654. The van der Waals surface area contributed by atoms with Crippen molar-refractivity contribution in [3.05, 3.63) is 35.4 Å². The summed E-state index contributed by atoms with van der Waals surface area (Å²) in [6.45, 7) is 1.95. The van der Waals surface area contributed by atoms with Gasteiger partial charge in [0.05, 0.1) is 0 Å². The fourth-order valence-corrected chi connectivity index (χ4v) is 3.27. The minimum absolute atomic E-state index is 0.263. The van der Waals surface area contributed by atoms with Gasteiger partial charge in [0, 0.05) is 18.5 Å². The third kappa shape index (κ3) is 2.55. The number of aromatic nitrogens is 2.